The van der Waals surface area contributed by atoms with Crippen molar-refractivity contribution in [3.8, 4) is 5.75 Å². The summed E-state index contributed by atoms with van der Waals surface area (Å²) in [4.78, 5) is 23.7. The molecule has 32 heavy (non-hydrogen) atoms. The van der Waals surface area contributed by atoms with Crippen LogP contribution >= 0.6 is 34.7 Å². The minimum absolute atomic E-state index is 0.0533. The summed E-state index contributed by atoms with van der Waals surface area (Å²) in [6, 6.07) is 19.3. The molecule has 0 bridgehead atoms. The lowest BCUT2D eigenvalue weighted by molar-refractivity contribution is 0.414. The Morgan fingerprint density at radius 3 is 2.72 bits per heavy atom. The zero-order valence-corrected chi connectivity index (χ0v) is 19.5. The van der Waals surface area contributed by atoms with E-state index < -0.39 is 0 Å². The Morgan fingerprint density at radius 2 is 1.94 bits per heavy atom. The van der Waals surface area contributed by atoms with Crippen LogP contribution in [0.5, 0.6) is 5.75 Å². The van der Waals surface area contributed by atoms with Crippen LogP contribution in [0.3, 0.4) is 0 Å². The highest BCUT2D eigenvalue weighted by molar-refractivity contribution is 7.98. The number of rotatable bonds is 6. The van der Waals surface area contributed by atoms with Gasteiger partial charge in [0.2, 0.25) is 0 Å². The molecule has 2 aromatic carbocycles. The summed E-state index contributed by atoms with van der Waals surface area (Å²) in [7, 11) is 1.64. The minimum Gasteiger partial charge on any atom is -0.497 e. The fraction of sp³-hybridized carbons (Fsp3) is 0.125. The van der Waals surface area contributed by atoms with E-state index in [-0.39, 0.29) is 5.56 Å². The average molecular weight is 480 g/mol. The molecule has 0 aliphatic heterocycles. The lowest BCUT2D eigenvalue weighted by Gasteiger charge is -2.13. The van der Waals surface area contributed by atoms with Crippen molar-refractivity contribution in [3.63, 3.8) is 0 Å². The van der Waals surface area contributed by atoms with E-state index in [4.69, 9.17) is 21.3 Å². The molecule has 0 amide bonds. The third kappa shape index (κ3) is 4.11. The highest BCUT2D eigenvalue weighted by Gasteiger charge is 2.17. The third-order valence-electron chi connectivity index (χ3n) is 5.07. The Balaban J connectivity index is 1.61. The SMILES string of the molecule is COc1ccc(Cn2c(SCc3cccc(Cl)c3)nc3c(sc4ncccc43)c2=O)cc1. The van der Waals surface area contributed by atoms with Crippen molar-refractivity contribution in [2.75, 3.05) is 7.11 Å². The number of aromatic nitrogens is 3. The number of nitrogens with zero attached hydrogens (tertiary/aromatic N) is 3. The van der Waals surface area contributed by atoms with Crippen LogP contribution in [0.4, 0.5) is 0 Å². The van der Waals surface area contributed by atoms with Crippen LogP contribution in [0.25, 0.3) is 20.4 Å². The molecule has 8 heteroatoms. The first-order chi connectivity index (χ1) is 15.6. The number of thioether (sulfide) groups is 1. The largest absolute Gasteiger partial charge is 0.497 e. The van der Waals surface area contributed by atoms with Gasteiger partial charge >= 0.3 is 0 Å². The van der Waals surface area contributed by atoms with E-state index in [0.29, 0.717) is 32.7 Å². The molecule has 0 spiro atoms. The molecule has 0 aliphatic rings. The summed E-state index contributed by atoms with van der Waals surface area (Å²) in [6.45, 7) is 0.422. The van der Waals surface area contributed by atoms with Crippen molar-refractivity contribution in [2.24, 2.45) is 0 Å². The van der Waals surface area contributed by atoms with Gasteiger partial charge in [-0.2, -0.15) is 0 Å². The molecule has 3 heterocycles. The van der Waals surface area contributed by atoms with Gasteiger partial charge in [-0.05, 0) is 47.5 Å². The van der Waals surface area contributed by atoms with Gasteiger partial charge in [-0.3, -0.25) is 9.36 Å². The second-order valence-corrected chi connectivity index (χ2v) is 9.57. The number of ether oxygens (including phenoxy) is 1. The number of hydrogen-bond acceptors (Lipinski definition) is 6. The Morgan fingerprint density at radius 1 is 1.09 bits per heavy atom. The molecule has 0 unspecified atom stereocenters. The number of thiophene rings is 1. The highest BCUT2D eigenvalue weighted by atomic mass is 35.5. The molecule has 160 valence electrons. The predicted molar refractivity (Wildman–Crippen MR) is 132 cm³/mol. The lowest BCUT2D eigenvalue weighted by atomic mass is 10.2. The number of halogens is 1. The molecule has 0 fully saturated rings. The molecule has 0 radical (unpaired) electrons. The summed E-state index contributed by atoms with van der Waals surface area (Å²) in [6.07, 6.45) is 1.74. The normalized spacial score (nSPS) is 11.3. The highest BCUT2D eigenvalue weighted by Crippen LogP contribution is 2.31. The Bertz CT molecular complexity index is 1480. The summed E-state index contributed by atoms with van der Waals surface area (Å²) in [5.74, 6) is 1.43. The van der Waals surface area contributed by atoms with Crippen molar-refractivity contribution in [1.29, 1.82) is 0 Å². The van der Waals surface area contributed by atoms with Crippen LogP contribution in [0.15, 0.2) is 76.8 Å². The maximum Gasteiger partial charge on any atom is 0.272 e. The summed E-state index contributed by atoms with van der Waals surface area (Å²) in [5, 5.41) is 2.27. The van der Waals surface area contributed by atoms with E-state index in [1.54, 1.807) is 17.9 Å². The average Bonchev–Trinajstić information content (AvgIpc) is 3.19. The first-order valence-electron chi connectivity index (χ1n) is 9.90. The third-order valence-corrected chi connectivity index (χ3v) is 7.45. The number of methoxy groups -OCH3 is 1. The molecule has 5 rings (SSSR count). The van der Waals surface area contributed by atoms with Gasteiger partial charge in [0.25, 0.3) is 5.56 Å². The molecular formula is C24H18ClN3O2S2. The van der Waals surface area contributed by atoms with Gasteiger partial charge in [0.05, 0.1) is 19.2 Å². The van der Waals surface area contributed by atoms with Gasteiger partial charge in [0.15, 0.2) is 5.16 Å². The van der Waals surface area contributed by atoms with Gasteiger partial charge in [-0.15, -0.1) is 11.3 Å². The van der Waals surface area contributed by atoms with Gasteiger partial charge in [-0.1, -0.05) is 47.6 Å². The fourth-order valence-corrected chi connectivity index (χ4v) is 5.66. The van der Waals surface area contributed by atoms with Crippen molar-refractivity contribution >= 4 is 55.1 Å². The topological polar surface area (TPSA) is 57.0 Å². The second-order valence-electron chi connectivity index (χ2n) is 7.19. The zero-order chi connectivity index (χ0) is 22.1. The van der Waals surface area contributed by atoms with Crippen molar-refractivity contribution in [1.82, 2.24) is 14.5 Å². The molecule has 0 saturated carbocycles. The monoisotopic (exact) mass is 479 g/mol. The van der Waals surface area contributed by atoms with E-state index in [1.165, 1.54) is 23.1 Å². The van der Waals surface area contributed by atoms with Crippen LogP contribution in [-0.4, -0.2) is 21.6 Å². The van der Waals surface area contributed by atoms with Crippen LogP contribution in [0, 0.1) is 0 Å². The van der Waals surface area contributed by atoms with Crippen molar-refractivity contribution in [3.05, 3.63) is 93.4 Å². The molecule has 3 aromatic heterocycles. The maximum atomic E-state index is 13.6. The molecular weight excluding hydrogens is 462 g/mol. The van der Waals surface area contributed by atoms with E-state index in [0.717, 1.165) is 27.1 Å². The molecule has 5 aromatic rings. The minimum atomic E-state index is -0.0533. The first-order valence-corrected chi connectivity index (χ1v) is 12.1. The van der Waals surface area contributed by atoms with Crippen LogP contribution in [0.2, 0.25) is 5.02 Å². The molecule has 0 N–H and O–H groups in total. The Kier molecular flexibility index (Phi) is 5.87. The van der Waals surface area contributed by atoms with Crippen LogP contribution in [-0.2, 0) is 12.3 Å². The standard InChI is InChI=1S/C24H18ClN3O2S2/c1-30-18-9-7-15(8-10-18)13-28-23(29)21-20(19-6-3-11-26-22(19)32-21)27-24(28)31-14-16-4-2-5-17(25)12-16/h2-12H,13-14H2,1H3. The van der Waals surface area contributed by atoms with Gasteiger partial charge in [-0.25, -0.2) is 9.97 Å². The van der Waals surface area contributed by atoms with Crippen LogP contribution in [0.1, 0.15) is 11.1 Å². The van der Waals surface area contributed by atoms with Crippen molar-refractivity contribution < 1.29 is 4.74 Å². The summed E-state index contributed by atoms with van der Waals surface area (Å²) < 4.78 is 7.62. The smallest absolute Gasteiger partial charge is 0.272 e. The first kappa shape index (κ1) is 21.0. The van der Waals surface area contributed by atoms with Crippen LogP contribution < -0.4 is 10.3 Å². The quantitative estimate of drug-likeness (QED) is 0.220. The lowest BCUT2D eigenvalue weighted by Crippen LogP contribution is -2.23. The number of fused-ring (bicyclic) bond motifs is 3. The molecule has 0 aliphatic carbocycles. The van der Waals surface area contributed by atoms with E-state index >= 15 is 0 Å². The zero-order valence-electron chi connectivity index (χ0n) is 17.1. The maximum absolute atomic E-state index is 13.6. The van der Waals surface area contributed by atoms with E-state index in [2.05, 4.69) is 4.98 Å². The fourth-order valence-electron chi connectivity index (χ4n) is 3.48. The molecule has 0 atom stereocenters. The van der Waals surface area contributed by atoms with Gasteiger partial charge in [0.1, 0.15) is 15.3 Å². The van der Waals surface area contributed by atoms with Gasteiger partial charge in [0, 0.05) is 22.4 Å². The number of benzene rings is 2. The van der Waals surface area contributed by atoms with E-state index in [9.17, 15) is 4.79 Å². The number of pyridine rings is 1. The summed E-state index contributed by atoms with van der Waals surface area (Å²) >= 11 is 9.07. The molecule has 5 nitrogen and oxygen atoms in total. The Hall–Kier alpha value is -2.87. The predicted octanol–water partition coefficient (Wildman–Crippen LogP) is 6.01. The molecule has 0 saturated heterocycles. The van der Waals surface area contributed by atoms with E-state index in [1.807, 2.05) is 60.7 Å². The second kappa shape index (κ2) is 8.94. The van der Waals surface area contributed by atoms with Gasteiger partial charge < -0.3 is 4.74 Å². The summed E-state index contributed by atoms with van der Waals surface area (Å²) in [5.41, 5.74) is 2.73. The Labute approximate surface area is 197 Å². The van der Waals surface area contributed by atoms with Crippen molar-refractivity contribution in [2.45, 2.75) is 17.5 Å². The number of hydrogen-bond donors (Lipinski definition) is 0.